The summed E-state index contributed by atoms with van der Waals surface area (Å²) in [6.45, 7) is -1.73. The Hall–Kier alpha value is -7.92. The van der Waals surface area contributed by atoms with Gasteiger partial charge in [0.2, 0.25) is 0 Å². The van der Waals surface area contributed by atoms with Gasteiger partial charge in [-0.1, -0.05) is 6.07 Å². The van der Waals surface area contributed by atoms with Gasteiger partial charge in [-0.05, 0) is 66.0 Å². The molecule has 6 rings (SSSR count). The number of phenolic OH excluding ortho intramolecular Hbond substituents is 1. The maximum Gasteiger partial charge on any atom is 0.356 e. The van der Waals surface area contributed by atoms with Gasteiger partial charge >= 0.3 is 17.9 Å². The van der Waals surface area contributed by atoms with Crippen LogP contribution in [-0.4, -0.2) is 103 Å². The maximum absolute atomic E-state index is 13.3. The fraction of sp³-hybridized carbons (Fsp3) is 0.105. The molecule has 0 radical (unpaired) electrons. The summed E-state index contributed by atoms with van der Waals surface area (Å²) < 4.78 is 51.4. The number of carboxylic acid groups (broad SMARTS) is 3. The molecule has 0 atom stereocenters. The van der Waals surface area contributed by atoms with Crippen LogP contribution in [0.3, 0.4) is 0 Å². The number of carboxylic acids is 3. The van der Waals surface area contributed by atoms with E-state index in [2.05, 4.69) is 40.1 Å². The molecule has 0 aliphatic rings. The molecule has 0 unspecified atom stereocenters. The van der Waals surface area contributed by atoms with E-state index >= 15 is 0 Å². The van der Waals surface area contributed by atoms with Crippen molar-refractivity contribution in [3.8, 4) is 22.9 Å². The van der Waals surface area contributed by atoms with Gasteiger partial charge < -0.3 is 40.1 Å². The molecule has 1 heterocycles. The Morgan fingerprint density at radius 2 is 1.26 bits per heavy atom. The van der Waals surface area contributed by atoms with Crippen molar-refractivity contribution in [2.45, 2.75) is 9.79 Å². The molecule has 336 valence electrons. The third kappa shape index (κ3) is 10.8. The Morgan fingerprint density at radius 3 is 1.80 bits per heavy atom. The van der Waals surface area contributed by atoms with Crippen LogP contribution in [0.1, 0.15) is 31.2 Å². The summed E-state index contributed by atoms with van der Waals surface area (Å²) >= 11 is 0.622. The number of aromatic carboxylic acids is 3. The molecule has 0 aliphatic heterocycles. The molecule has 9 N–H and O–H groups in total. The number of aromatic amines is 1. The van der Waals surface area contributed by atoms with E-state index in [0.29, 0.717) is 16.9 Å². The van der Waals surface area contributed by atoms with Crippen LogP contribution in [0, 0.1) is 0 Å². The number of H-pyrrole nitrogens is 1. The Labute approximate surface area is 366 Å². The lowest BCUT2D eigenvalue weighted by Gasteiger charge is -2.13. The van der Waals surface area contributed by atoms with Gasteiger partial charge in [0.1, 0.15) is 46.7 Å². The minimum absolute atomic E-state index is 0.0159. The average Bonchev–Trinajstić information content (AvgIpc) is 3.61. The number of benzene rings is 5. The average molecular weight is 935 g/mol. The van der Waals surface area contributed by atoms with Crippen LogP contribution in [0.2, 0.25) is 0 Å². The molecular weight excluding hydrogens is 905 g/mol. The number of ether oxygens (including phenoxy) is 2. The SMILES string of the molecule is O=C(O)c1cc(N=Nc2cc(OCCO)c(N=Nc3c(S(=O)(=O)O)cc4ccc(N=Nc5c(C(=O)O)[nH]n(-c6ccc(SOO)cc6)c5=O)cc4c3O)cc2OCCO)cc(C(=O)O)c1. The highest BCUT2D eigenvalue weighted by atomic mass is 32.2. The van der Waals surface area contributed by atoms with Crippen LogP contribution in [0.15, 0.2) is 124 Å². The molecular formula is C38H30N8O17S2. The van der Waals surface area contributed by atoms with Gasteiger partial charge in [0.05, 0.1) is 53.4 Å². The zero-order valence-electron chi connectivity index (χ0n) is 32.5. The number of nitrogens with zero attached hydrogens (tertiary/aromatic N) is 7. The van der Waals surface area contributed by atoms with Crippen molar-refractivity contribution in [3.05, 3.63) is 106 Å². The van der Waals surface area contributed by atoms with Crippen molar-refractivity contribution in [2.24, 2.45) is 30.7 Å². The van der Waals surface area contributed by atoms with E-state index in [1.54, 1.807) is 0 Å². The lowest BCUT2D eigenvalue weighted by Crippen LogP contribution is -2.13. The molecule has 0 spiro atoms. The van der Waals surface area contributed by atoms with Crippen LogP contribution >= 0.6 is 12.0 Å². The van der Waals surface area contributed by atoms with Crippen molar-refractivity contribution in [1.82, 2.24) is 9.78 Å². The first-order chi connectivity index (χ1) is 31.0. The second-order valence-corrected chi connectivity index (χ2v) is 15.0. The molecule has 0 amide bonds. The molecule has 0 saturated carbocycles. The molecule has 0 aliphatic carbocycles. The van der Waals surface area contributed by atoms with E-state index in [0.717, 1.165) is 41.1 Å². The standard InChI is InChI=1S/C38H30N8O17S2/c47-7-9-61-28-17-27(29(62-10-8-48)16-26(28)41-40-22-12-19(36(51)52)11-20(13-22)37(53)54)42-43-31-30(65(58,59)60)14-18-1-2-21(15-25(18)34(31)49)39-44-32-33(38(55)56)45-46(35(32)50)23-3-5-24(6-4-23)64-63-57/h1-6,11-17,45,47-49,57H,7-10H2,(H,51,52)(H,53,54)(H,55,56)(H,58,59,60). The second-order valence-electron chi connectivity index (χ2n) is 12.8. The van der Waals surface area contributed by atoms with Gasteiger partial charge in [-0.3, -0.25) is 14.4 Å². The number of aliphatic hydroxyl groups excluding tert-OH is 2. The number of nitrogens with one attached hydrogen (secondary N) is 1. The highest BCUT2D eigenvalue weighted by Gasteiger charge is 2.24. The van der Waals surface area contributed by atoms with Crippen LogP contribution in [0.25, 0.3) is 16.5 Å². The summed E-state index contributed by atoms with van der Waals surface area (Å²) in [7, 11) is -5.14. The zero-order valence-corrected chi connectivity index (χ0v) is 34.2. The van der Waals surface area contributed by atoms with Gasteiger partial charge in [-0.15, -0.1) is 20.5 Å². The molecule has 0 saturated heterocycles. The highest BCUT2D eigenvalue weighted by Crippen LogP contribution is 2.45. The number of carbonyl (C=O) groups is 3. The molecule has 1 aromatic heterocycles. The number of aliphatic hydroxyl groups is 2. The van der Waals surface area contributed by atoms with Crippen molar-refractivity contribution in [1.29, 1.82) is 0 Å². The Bertz CT molecular complexity index is 3070. The summed E-state index contributed by atoms with van der Waals surface area (Å²) in [6, 6.07) is 15.7. The first-order valence-electron chi connectivity index (χ1n) is 18.0. The number of azo groups is 3. The number of aromatic hydroxyl groups is 1. The lowest BCUT2D eigenvalue weighted by atomic mass is 10.1. The number of hydrogen-bond donors (Lipinski definition) is 9. The van der Waals surface area contributed by atoms with E-state index < -0.39 is 85.6 Å². The summed E-state index contributed by atoms with van der Waals surface area (Å²) in [4.78, 5) is 48.1. The molecule has 65 heavy (non-hydrogen) atoms. The molecule has 0 bridgehead atoms. The maximum atomic E-state index is 13.3. The van der Waals surface area contributed by atoms with Crippen LogP contribution in [-0.2, 0) is 14.5 Å². The molecule has 25 nitrogen and oxygen atoms in total. The zero-order chi connectivity index (χ0) is 47.0. The van der Waals surface area contributed by atoms with Crippen LogP contribution in [0.4, 0.5) is 34.1 Å². The predicted molar refractivity (Wildman–Crippen MR) is 223 cm³/mol. The van der Waals surface area contributed by atoms with Gasteiger partial charge in [-0.2, -0.15) is 23.0 Å². The Kier molecular flexibility index (Phi) is 14.4. The topological polar surface area (TPSA) is 387 Å². The van der Waals surface area contributed by atoms with Crippen LogP contribution < -0.4 is 15.0 Å². The fourth-order valence-corrected chi connectivity index (χ4v) is 6.70. The molecule has 6 aromatic rings. The third-order valence-corrected chi connectivity index (χ3v) is 9.98. The predicted octanol–water partition coefficient (Wildman–Crippen LogP) is 6.85. The second kappa shape index (κ2) is 20.1. The van der Waals surface area contributed by atoms with Crippen molar-refractivity contribution in [3.63, 3.8) is 0 Å². The smallest absolute Gasteiger partial charge is 0.356 e. The monoisotopic (exact) mass is 934 g/mol. The van der Waals surface area contributed by atoms with Crippen molar-refractivity contribution >= 4 is 85.0 Å². The lowest BCUT2D eigenvalue weighted by molar-refractivity contribution is -0.116. The fourth-order valence-electron chi connectivity index (χ4n) is 5.71. The first kappa shape index (κ1) is 46.6. The molecule has 5 aromatic carbocycles. The van der Waals surface area contributed by atoms with Gasteiger partial charge in [0.15, 0.2) is 17.1 Å². The van der Waals surface area contributed by atoms with E-state index in [1.165, 1.54) is 42.5 Å². The summed E-state index contributed by atoms with van der Waals surface area (Å²) in [5, 5.41) is 93.8. The molecule has 0 fully saturated rings. The summed E-state index contributed by atoms with van der Waals surface area (Å²) in [6.07, 6.45) is 0. The quantitative estimate of drug-likeness (QED) is 0.0132. The van der Waals surface area contributed by atoms with Crippen molar-refractivity contribution < 1.29 is 77.1 Å². The van der Waals surface area contributed by atoms with E-state index in [9.17, 15) is 62.8 Å². The van der Waals surface area contributed by atoms with E-state index in [-0.39, 0.29) is 63.9 Å². The van der Waals surface area contributed by atoms with Gasteiger partial charge in [0.25, 0.3) is 15.7 Å². The Morgan fingerprint density at radius 1 is 0.692 bits per heavy atom. The summed E-state index contributed by atoms with van der Waals surface area (Å²) in [5.41, 5.74) is -4.33. The van der Waals surface area contributed by atoms with E-state index in [4.69, 9.17) is 14.7 Å². The minimum atomic E-state index is -5.14. The van der Waals surface area contributed by atoms with Crippen LogP contribution in [0.5, 0.6) is 17.2 Å². The normalized spacial score (nSPS) is 11.9. The molecule has 27 heteroatoms. The minimum Gasteiger partial charge on any atom is -0.505 e. The van der Waals surface area contributed by atoms with Gasteiger partial charge in [0, 0.05) is 22.4 Å². The van der Waals surface area contributed by atoms with Crippen molar-refractivity contribution in [2.75, 3.05) is 26.4 Å². The number of phenols is 1. The third-order valence-electron chi connectivity index (χ3n) is 8.57. The number of rotatable bonds is 19. The van der Waals surface area contributed by atoms with Gasteiger partial charge in [-0.25, -0.2) is 24.3 Å². The van der Waals surface area contributed by atoms with E-state index in [1.807, 2.05) is 0 Å². The number of fused-ring (bicyclic) bond motifs is 1. The first-order valence-corrected chi connectivity index (χ1v) is 20.2. The Balaban J connectivity index is 1.42. The summed E-state index contributed by atoms with van der Waals surface area (Å²) in [5.74, 6) is -5.72. The number of hydrogen-bond acceptors (Lipinski definition) is 20. The number of aromatic nitrogens is 2. The largest absolute Gasteiger partial charge is 0.505 e. The highest BCUT2D eigenvalue weighted by molar-refractivity contribution is 7.94.